The fourth-order valence-corrected chi connectivity index (χ4v) is 2.21. The number of esters is 2. The molecule has 0 radical (unpaired) electrons. The summed E-state index contributed by atoms with van der Waals surface area (Å²) in [6, 6.07) is 1.70. The minimum Gasteiger partial charge on any atom is -0.469 e. The molecule has 0 saturated carbocycles. The van der Waals surface area contributed by atoms with E-state index in [1.807, 2.05) is 0 Å². The van der Waals surface area contributed by atoms with Gasteiger partial charge >= 0.3 is 11.9 Å². The second kappa shape index (κ2) is 9.09. The lowest BCUT2D eigenvalue weighted by molar-refractivity contribution is -0.140. The molecule has 0 atom stereocenters. The third-order valence-corrected chi connectivity index (χ3v) is 3.22. The molecule has 0 aromatic carbocycles. The number of nitrogens with one attached hydrogen (secondary N) is 1. The van der Waals surface area contributed by atoms with E-state index in [4.69, 9.17) is 16.3 Å². The lowest BCUT2D eigenvalue weighted by Crippen LogP contribution is -2.30. The van der Waals surface area contributed by atoms with Crippen LogP contribution in [0.4, 0.5) is 0 Å². The average molecular weight is 343 g/mol. The summed E-state index contributed by atoms with van der Waals surface area (Å²) in [6.45, 7) is 3.33. The number of rotatable bonds is 7. The van der Waals surface area contributed by atoms with Gasteiger partial charge in [-0.15, -0.1) is 0 Å². The third kappa shape index (κ3) is 6.23. The molecule has 8 heteroatoms. The van der Waals surface area contributed by atoms with Crippen LogP contribution in [0.5, 0.6) is 0 Å². The van der Waals surface area contributed by atoms with Crippen molar-refractivity contribution in [3.05, 3.63) is 28.0 Å². The molecule has 7 nitrogen and oxygen atoms in total. The van der Waals surface area contributed by atoms with Crippen molar-refractivity contribution in [2.45, 2.75) is 26.7 Å². The van der Waals surface area contributed by atoms with Crippen LogP contribution in [0.1, 0.15) is 34.5 Å². The Morgan fingerprint density at radius 3 is 2.61 bits per heavy atom. The van der Waals surface area contributed by atoms with Gasteiger partial charge < -0.3 is 14.8 Å². The van der Waals surface area contributed by atoms with Crippen LogP contribution >= 0.6 is 11.6 Å². The van der Waals surface area contributed by atoms with E-state index in [9.17, 15) is 14.4 Å². The summed E-state index contributed by atoms with van der Waals surface area (Å²) in [7, 11) is 1.30. The van der Waals surface area contributed by atoms with Gasteiger partial charge in [0, 0.05) is 18.7 Å². The summed E-state index contributed by atoms with van der Waals surface area (Å²) in [5.74, 6) is -1.51. The Balaban J connectivity index is 2.42. The zero-order chi connectivity index (χ0) is 17.4. The molecular weight excluding hydrogens is 324 g/mol. The van der Waals surface area contributed by atoms with Crippen LogP contribution in [-0.2, 0) is 19.1 Å². The maximum Gasteiger partial charge on any atom is 0.342 e. The minimum atomic E-state index is -0.704. The van der Waals surface area contributed by atoms with Crippen molar-refractivity contribution in [2.75, 3.05) is 20.3 Å². The summed E-state index contributed by atoms with van der Waals surface area (Å²) >= 11 is 5.93. The highest BCUT2D eigenvalue weighted by molar-refractivity contribution is 6.32. The zero-order valence-electron chi connectivity index (χ0n) is 13.3. The summed E-state index contributed by atoms with van der Waals surface area (Å²) in [5, 5.41) is 2.58. The molecule has 1 amide bonds. The highest BCUT2D eigenvalue weighted by Gasteiger charge is 2.18. The number of methoxy groups -OCH3 is 1. The lowest BCUT2D eigenvalue weighted by atomic mass is 10.1. The first kappa shape index (κ1) is 18.9. The van der Waals surface area contributed by atoms with E-state index < -0.39 is 18.5 Å². The predicted octanol–water partition coefficient (Wildman–Crippen LogP) is 1.58. The van der Waals surface area contributed by atoms with Crippen molar-refractivity contribution in [1.29, 1.82) is 0 Å². The van der Waals surface area contributed by atoms with Crippen LogP contribution in [0.3, 0.4) is 0 Å². The maximum absolute atomic E-state index is 12.0. The van der Waals surface area contributed by atoms with Gasteiger partial charge in [0.15, 0.2) is 6.61 Å². The number of aryl methyl sites for hydroxylation is 2. The molecule has 0 aliphatic carbocycles. The zero-order valence-corrected chi connectivity index (χ0v) is 14.0. The molecule has 1 aromatic rings. The lowest BCUT2D eigenvalue weighted by Gasteiger charge is -2.09. The van der Waals surface area contributed by atoms with Gasteiger partial charge in [0.05, 0.1) is 12.7 Å². The van der Waals surface area contributed by atoms with Gasteiger partial charge in [-0.2, -0.15) is 0 Å². The molecular formula is C15H19ClN2O5. The van der Waals surface area contributed by atoms with E-state index in [0.29, 0.717) is 17.7 Å². The van der Waals surface area contributed by atoms with Gasteiger partial charge in [-0.25, -0.2) is 9.78 Å². The van der Waals surface area contributed by atoms with Gasteiger partial charge in [0.2, 0.25) is 0 Å². The van der Waals surface area contributed by atoms with Crippen molar-refractivity contribution >= 4 is 29.4 Å². The fraction of sp³-hybridized carbons (Fsp3) is 0.467. The van der Waals surface area contributed by atoms with E-state index in [0.717, 1.165) is 0 Å². The van der Waals surface area contributed by atoms with E-state index in [1.54, 1.807) is 19.9 Å². The van der Waals surface area contributed by atoms with Crippen LogP contribution in [0, 0.1) is 13.8 Å². The van der Waals surface area contributed by atoms with Crippen molar-refractivity contribution < 1.29 is 23.9 Å². The molecule has 0 aliphatic rings. The van der Waals surface area contributed by atoms with Crippen molar-refractivity contribution in [2.24, 2.45) is 0 Å². The second-order valence-corrected chi connectivity index (χ2v) is 5.21. The second-order valence-electron chi connectivity index (χ2n) is 4.85. The fourth-order valence-electron chi connectivity index (χ4n) is 1.85. The SMILES string of the molecule is COC(=O)CCCNC(=O)COC(=O)c1c(C)cc(C)nc1Cl. The summed E-state index contributed by atoms with van der Waals surface area (Å²) in [4.78, 5) is 38.4. The number of aromatic nitrogens is 1. The smallest absolute Gasteiger partial charge is 0.342 e. The molecule has 126 valence electrons. The molecule has 1 rings (SSSR count). The van der Waals surface area contributed by atoms with Gasteiger partial charge in [0.25, 0.3) is 5.91 Å². The Labute approximate surface area is 139 Å². The van der Waals surface area contributed by atoms with Gasteiger partial charge in [-0.1, -0.05) is 11.6 Å². The first-order chi connectivity index (χ1) is 10.8. The number of carbonyl (C=O) groups excluding carboxylic acids is 3. The molecule has 1 heterocycles. The first-order valence-corrected chi connectivity index (χ1v) is 7.37. The van der Waals surface area contributed by atoms with Gasteiger partial charge in [-0.05, 0) is 31.9 Å². The molecule has 0 saturated heterocycles. The van der Waals surface area contributed by atoms with Gasteiger partial charge in [-0.3, -0.25) is 9.59 Å². The Hall–Kier alpha value is -2.15. The first-order valence-electron chi connectivity index (χ1n) is 6.99. The molecule has 1 N–H and O–H groups in total. The predicted molar refractivity (Wildman–Crippen MR) is 83.3 cm³/mol. The van der Waals surface area contributed by atoms with Crippen molar-refractivity contribution in [1.82, 2.24) is 10.3 Å². The number of ether oxygens (including phenoxy) is 2. The third-order valence-electron chi connectivity index (χ3n) is 2.95. The molecule has 0 fully saturated rings. The number of amides is 1. The normalized spacial score (nSPS) is 10.1. The average Bonchev–Trinajstić information content (AvgIpc) is 2.48. The van der Waals surface area contributed by atoms with Crippen molar-refractivity contribution in [3.8, 4) is 0 Å². The number of hydrogen-bond acceptors (Lipinski definition) is 6. The van der Waals surface area contributed by atoms with Gasteiger partial charge in [0.1, 0.15) is 5.15 Å². The molecule has 0 spiro atoms. The minimum absolute atomic E-state index is 0.0472. The monoisotopic (exact) mass is 342 g/mol. The number of carbonyl (C=O) groups is 3. The van der Waals surface area contributed by atoms with Crippen LogP contribution < -0.4 is 5.32 Å². The van der Waals surface area contributed by atoms with Crippen LogP contribution in [0.15, 0.2) is 6.07 Å². The number of pyridine rings is 1. The van der Waals surface area contributed by atoms with E-state index in [-0.39, 0.29) is 29.7 Å². The van der Waals surface area contributed by atoms with Crippen LogP contribution in [0.25, 0.3) is 0 Å². The van der Waals surface area contributed by atoms with Crippen LogP contribution in [0.2, 0.25) is 5.15 Å². The summed E-state index contributed by atoms with van der Waals surface area (Å²) < 4.78 is 9.40. The Kier molecular flexibility index (Phi) is 7.47. The molecule has 0 aliphatic heterocycles. The highest BCUT2D eigenvalue weighted by atomic mass is 35.5. The van der Waals surface area contributed by atoms with Crippen molar-refractivity contribution in [3.63, 3.8) is 0 Å². The molecule has 1 aromatic heterocycles. The largest absolute Gasteiger partial charge is 0.469 e. The highest BCUT2D eigenvalue weighted by Crippen LogP contribution is 2.19. The number of hydrogen-bond donors (Lipinski definition) is 1. The maximum atomic E-state index is 12.0. The Bertz CT molecular complexity index is 581. The summed E-state index contributed by atoms with van der Waals surface area (Å²) in [6.07, 6.45) is 0.652. The summed E-state index contributed by atoms with van der Waals surface area (Å²) in [5.41, 5.74) is 1.47. The molecule has 0 bridgehead atoms. The van der Waals surface area contributed by atoms with E-state index in [2.05, 4.69) is 15.0 Å². The van der Waals surface area contributed by atoms with Crippen LogP contribution in [-0.4, -0.2) is 43.1 Å². The molecule has 23 heavy (non-hydrogen) atoms. The quantitative estimate of drug-likeness (QED) is 0.459. The number of halogens is 1. The number of nitrogens with zero attached hydrogens (tertiary/aromatic N) is 1. The van der Waals surface area contributed by atoms with E-state index in [1.165, 1.54) is 7.11 Å². The van der Waals surface area contributed by atoms with E-state index >= 15 is 0 Å². The molecule has 0 unspecified atom stereocenters. The topological polar surface area (TPSA) is 94.6 Å². The standard InChI is InChI=1S/C15H19ClN2O5/c1-9-7-10(2)18-14(16)13(9)15(21)23-8-11(19)17-6-4-5-12(20)22-3/h7H,4-6,8H2,1-3H3,(H,17,19). The Morgan fingerprint density at radius 2 is 2.00 bits per heavy atom. The Morgan fingerprint density at radius 1 is 1.30 bits per heavy atom.